The third-order valence-electron chi connectivity index (χ3n) is 3.15. The molecular formula is C18H18O4. The van der Waals surface area contributed by atoms with Gasteiger partial charge in [-0.25, -0.2) is 0 Å². The minimum Gasteiger partial charge on any atom is -0.460 e. The second-order valence-corrected chi connectivity index (χ2v) is 4.91. The molecule has 4 heteroatoms. The van der Waals surface area contributed by atoms with E-state index in [4.69, 9.17) is 9.47 Å². The largest absolute Gasteiger partial charge is 0.460 e. The Hall–Kier alpha value is -2.62. The van der Waals surface area contributed by atoms with Crippen molar-refractivity contribution in [3.63, 3.8) is 0 Å². The third-order valence-corrected chi connectivity index (χ3v) is 3.15. The van der Waals surface area contributed by atoms with E-state index < -0.39 is 17.9 Å². The Balaban J connectivity index is 1.78. The van der Waals surface area contributed by atoms with Crippen molar-refractivity contribution >= 4 is 11.9 Å². The van der Waals surface area contributed by atoms with Gasteiger partial charge in [0.2, 0.25) is 0 Å². The van der Waals surface area contributed by atoms with Gasteiger partial charge in [0.1, 0.15) is 13.2 Å². The fraction of sp³-hybridized carbons (Fsp3) is 0.222. The van der Waals surface area contributed by atoms with E-state index in [-0.39, 0.29) is 13.2 Å². The second-order valence-electron chi connectivity index (χ2n) is 4.91. The molecule has 2 rings (SSSR count). The van der Waals surface area contributed by atoms with Gasteiger partial charge in [0.15, 0.2) is 5.92 Å². The number of esters is 2. The lowest BCUT2D eigenvalue weighted by Crippen LogP contribution is -2.25. The molecule has 0 unspecified atom stereocenters. The molecule has 4 nitrogen and oxygen atoms in total. The van der Waals surface area contributed by atoms with Gasteiger partial charge in [-0.05, 0) is 18.1 Å². The van der Waals surface area contributed by atoms with E-state index >= 15 is 0 Å². The molecular weight excluding hydrogens is 280 g/mol. The van der Waals surface area contributed by atoms with Crippen LogP contribution in [0.3, 0.4) is 0 Å². The Bertz CT molecular complexity index is 552. The highest BCUT2D eigenvalue weighted by atomic mass is 16.6. The Morgan fingerprint density at radius 3 is 1.50 bits per heavy atom. The average molecular weight is 298 g/mol. The van der Waals surface area contributed by atoms with Crippen LogP contribution in [0.5, 0.6) is 0 Å². The molecule has 0 saturated heterocycles. The van der Waals surface area contributed by atoms with Crippen LogP contribution in [0.4, 0.5) is 0 Å². The van der Waals surface area contributed by atoms with Crippen molar-refractivity contribution in [2.24, 2.45) is 5.92 Å². The van der Waals surface area contributed by atoms with E-state index in [1.54, 1.807) is 0 Å². The summed E-state index contributed by atoms with van der Waals surface area (Å²) in [7, 11) is 0. The maximum Gasteiger partial charge on any atom is 0.320 e. The summed E-state index contributed by atoms with van der Waals surface area (Å²) in [4.78, 5) is 23.7. The van der Waals surface area contributed by atoms with Gasteiger partial charge in [-0.15, -0.1) is 0 Å². The average Bonchev–Trinajstić information content (AvgIpc) is 2.58. The van der Waals surface area contributed by atoms with Gasteiger partial charge < -0.3 is 9.47 Å². The molecule has 0 fully saturated rings. The Labute approximate surface area is 129 Å². The third kappa shape index (κ3) is 4.74. The lowest BCUT2D eigenvalue weighted by atomic mass is 10.2. The number of ether oxygens (including phenoxy) is 2. The van der Waals surface area contributed by atoms with Crippen molar-refractivity contribution in [2.45, 2.75) is 20.1 Å². The van der Waals surface area contributed by atoms with Crippen LogP contribution in [0.25, 0.3) is 0 Å². The number of hydrogen-bond acceptors (Lipinski definition) is 4. The summed E-state index contributed by atoms with van der Waals surface area (Å²) < 4.78 is 10.2. The quantitative estimate of drug-likeness (QED) is 0.607. The summed E-state index contributed by atoms with van der Waals surface area (Å²) in [6, 6.07) is 18.6. The SMILES string of the molecule is CC(C(=O)OCc1ccccc1)C(=O)OCc1ccccc1. The molecule has 0 N–H and O–H groups in total. The topological polar surface area (TPSA) is 52.6 Å². The molecule has 0 bridgehead atoms. The van der Waals surface area contributed by atoms with Crippen molar-refractivity contribution < 1.29 is 19.1 Å². The molecule has 0 heterocycles. The van der Waals surface area contributed by atoms with Gasteiger partial charge in [0, 0.05) is 0 Å². The lowest BCUT2D eigenvalue weighted by Gasteiger charge is -2.11. The number of carbonyl (C=O) groups excluding carboxylic acids is 2. The van der Waals surface area contributed by atoms with Crippen LogP contribution in [0.1, 0.15) is 18.1 Å². The summed E-state index contributed by atoms with van der Waals surface area (Å²) >= 11 is 0. The first-order valence-corrected chi connectivity index (χ1v) is 7.08. The molecule has 0 aromatic heterocycles. The first kappa shape index (κ1) is 15.8. The van der Waals surface area contributed by atoms with Crippen molar-refractivity contribution in [1.29, 1.82) is 0 Å². The fourth-order valence-corrected chi connectivity index (χ4v) is 1.80. The van der Waals surface area contributed by atoms with Gasteiger partial charge in [-0.2, -0.15) is 0 Å². The monoisotopic (exact) mass is 298 g/mol. The zero-order valence-electron chi connectivity index (χ0n) is 12.4. The van der Waals surface area contributed by atoms with Crippen molar-refractivity contribution in [1.82, 2.24) is 0 Å². The van der Waals surface area contributed by atoms with Crippen LogP contribution < -0.4 is 0 Å². The summed E-state index contributed by atoms with van der Waals surface area (Å²) in [5, 5.41) is 0. The maximum atomic E-state index is 11.8. The van der Waals surface area contributed by atoms with Crippen LogP contribution in [0.15, 0.2) is 60.7 Å². The number of rotatable bonds is 6. The maximum absolute atomic E-state index is 11.8. The van der Waals surface area contributed by atoms with E-state index in [0.29, 0.717) is 0 Å². The van der Waals surface area contributed by atoms with E-state index in [9.17, 15) is 9.59 Å². The highest BCUT2D eigenvalue weighted by molar-refractivity contribution is 5.94. The van der Waals surface area contributed by atoms with Gasteiger partial charge in [0.05, 0.1) is 0 Å². The van der Waals surface area contributed by atoms with E-state index in [1.165, 1.54) is 6.92 Å². The van der Waals surface area contributed by atoms with Gasteiger partial charge >= 0.3 is 11.9 Å². The summed E-state index contributed by atoms with van der Waals surface area (Å²) in [6.45, 7) is 1.78. The van der Waals surface area contributed by atoms with Crippen LogP contribution in [-0.4, -0.2) is 11.9 Å². The Morgan fingerprint density at radius 1 is 0.773 bits per heavy atom. The fourth-order valence-electron chi connectivity index (χ4n) is 1.80. The smallest absolute Gasteiger partial charge is 0.320 e. The van der Waals surface area contributed by atoms with E-state index in [1.807, 2.05) is 60.7 Å². The van der Waals surface area contributed by atoms with Gasteiger partial charge in [0.25, 0.3) is 0 Å². The molecule has 0 aliphatic carbocycles. The molecule has 0 saturated carbocycles. The molecule has 0 radical (unpaired) electrons. The van der Waals surface area contributed by atoms with Crippen molar-refractivity contribution in [3.05, 3.63) is 71.8 Å². The zero-order valence-corrected chi connectivity index (χ0v) is 12.4. The van der Waals surface area contributed by atoms with E-state index in [0.717, 1.165) is 11.1 Å². The van der Waals surface area contributed by atoms with Gasteiger partial charge in [-0.3, -0.25) is 9.59 Å². The molecule has 2 aromatic rings. The van der Waals surface area contributed by atoms with Crippen molar-refractivity contribution in [3.8, 4) is 0 Å². The number of carbonyl (C=O) groups is 2. The minimum atomic E-state index is -0.938. The molecule has 0 amide bonds. The zero-order chi connectivity index (χ0) is 15.8. The molecule has 2 aromatic carbocycles. The first-order valence-electron chi connectivity index (χ1n) is 7.08. The standard InChI is InChI=1S/C18H18O4/c1-14(17(19)21-12-15-8-4-2-5-9-15)18(20)22-13-16-10-6-3-7-11-16/h2-11,14H,12-13H2,1H3. The van der Waals surface area contributed by atoms with Crippen LogP contribution in [-0.2, 0) is 32.3 Å². The molecule has 0 atom stereocenters. The number of hydrogen-bond donors (Lipinski definition) is 0. The minimum absolute atomic E-state index is 0.149. The molecule has 22 heavy (non-hydrogen) atoms. The van der Waals surface area contributed by atoms with E-state index in [2.05, 4.69) is 0 Å². The molecule has 0 aliphatic rings. The summed E-state index contributed by atoms with van der Waals surface area (Å²) in [5.41, 5.74) is 1.75. The predicted octanol–water partition coefficient (Wildman–Crippen LogP) is 3.11. The Morgan fingerprint density at radius 2 is 1.14 bits per heavy atom. The lowest BCUT2D eigenvalue weighted by molar-refractivity contribution is -0.162. The first-order chi connectivity index (χ1) is 10.7. The van der Waals surface area contributed by atoms with Crippen molar-refractivity contribution in [2.75, 3.05) is 0 Å². The molecule has 0 aliphatic heterocycles. The normalized spacial score (nSPS) is 10.3. The highest BCUT2D eigenvalue weighted by Crippen LogP contribution is 2.08. The number of benzene rings is 2. The highest BCUT2D eigenvalue weighted by Gasteiger charge is 2.24. The summed E-state index contributed by atoms with van der Waals surface area (Å²) in [5.74, 6) is -2.10. The van der Waals surface area contributed by atoms with Gasteiger partial charge in [-0.1, -0.05) is 60.7 Å². The van der Waals surface area contributed by atoms with Crippen LogP contribution >= 0.6 is 0 Å². The molecule has 0 spiro atoms. The van der Waals surface area contributed by atoms with Crippen LogP contribution in [0.2, 0.25) is 0 Å². The summed E-state index contributed by atoms with van der Waals surface area (Å²) in [6.07, 6.45) is 0. The Kier molecular flexibility index (Phi) is 5.72. The molecule has 114 valence electrons. The van der Waals surface area contributed by atoms with Crippen LogP contribution in [0, 0.1) is 5.92 Å². The predicted molar refractivity (Wildman–Crippen MR) is 81.6 cm³/mol. The second kappa shape index (κ2) is 7.98.